The van der Waals surface area contributed by atoms with E-state index in [1.807, 2.05) is 18.7 Å². The third kappa shape index (κ3) is 8.56. The molecule has 2 aliphatic carbocycles. The zero-order chi connectivity index (χ0) is 33.1. The Morgan fingerprint density at radius 1 is 1.07 bits per heavy atom. The van der Waals surface area contributed by atoms with Crippen LogP contribution in [0.25, 0.3) is 0 Å². The van der Waals surface area contributed by atoms with Crippen LogP contribution in [0.3, 0.4) is 0 Å². The summed E-state index contributed by atoms with van der Waals surface area (Å²) in [5.74, 6) is -2.62. The van der Waals surface area contributed by atoms with E-state index in [-0.39, 0.29) is 54.7 Å². The predicted octanol–water partition coefficient (Wildman–Crippen LogP) is 8.94. The van der Waals surface area contributed by atoms with E-state index in [0.717, 1.165) is 68.7 Å². The van der Waals surface area contributed by atoms with E-state index < -0.39 is 30.1 Å². The molecule has 1 saturated heterocycles. The number of alkyl halides is 5. The molecule has 0 spiro atoms. The summed E-state index contributed by atoms with van der Waals surface area (Å²) >= 11 is 0. The van der Waals surface area contributed by atoms with Crippen molar-refractivity contribution in [3.8, 4) is 11.6 Å². The number of likely N-dealkylation sites (tertiary alicyclic amines) is 1. The Labute approximate surface area is 268 Å². The number of carbonyl (C=O) groups excluding carboxylic acids is 1. The maximum Gasteiger partial charge on any atom is 0.421 e. The molecule has 0 radical (unpaired) electrons. The molecule has 11 heteroatoms. The van der Waals surface area contributed by atoms with Gasteiger partial charge >= 0.3 is 6.18 Å². The predicted molar refractivity (Wildman–Crippen MR) is 166 cm³/mol. The molecular weight excluding hydrogens is 605 g/mol. The summed E-state index contributed by atoms with van der Waals surface area (Å²) in [5.41, 5.74) is 0.589. The Morgan fingerprint density at radius 2 is 1.78 bits per heavy atom. The zero-order valence-electron chi connectivity index (χ0n) is 27.1. The summed E-state index contributed by atoms with van der Waals surface area (Å²) in [7, 11) is 0. The fourth-order valence-electron chi connectivity index (χ4n) is 7.28. The van der Waals surface area contributed by atoms with Crippen molar-refractivity contribution in [2.45, 2.75) is 116 Å². The van der Waals surface area contributed by atoms with Crippen molar-refractivity contribution < 1.29 is 36.2 Å². The molecule has 254 valence electrons. The van der Waals surface area contributed by atoms with Gasteiger partial charge in [0, 0.05) is 43.4 Å². The molecule has 3 fully saturated rings. The Kier molecular flexibility index (Phi) is 10.9. The average molecular weight is 652 g/mol. The van der Waals surface area contributed by atoms with Crippen molar-refractivity contribution >= 4 is 11.6 Å². The van der Waals surface area contributed by atoms with E-state index in [9.17, 15) is 26.7 Å². The highest BCUT2D eigenvalue weighted by Crippen LogP contribution is 2.40. The van der Waals surface area contributed by atoms with Crippen LogP contribution in [0.15, 0.2) is 30.5 Å². The number of nitrogens with zero attached hydrogens (tertiary/aromatic N) is 3. The van der Waals surface area contributed by atoms with E-state index in [4.69, 9.17) is 9.47 Å². The smallest absolute Gasteiger partial charge is 0.421 e. The molecule has 2 saturated carbocycles. The number of benzene rings is 1. The van der Waals surface area contributed by atoms with Gasteiger partial charge in [0.1, 0.15) is 11.3 Å². The minimum absolute atomic E-state index is 0.0138. The number of piperidine rings is 1. The molecule has 0 bridgehead atoms. The molecule has 0 N–H and O–H groups in total. The molecule has 3 aliphatic rings. The van der Waals surface area contributed by atoms with Crippen molar-refractivity contribution in [1.82, 2.24) is 9.88 Å². The van der Waals surface area contributed by atoms with Crippen LogP contribution in [0.5, 0.6) is 11.6 Å². The van der Waals surface area contributed by atoms with Gasteiger partial charge in [-0.15, -0.1) is 0 Å². The summed E-state index contributed by atoms with van der Waals surface area (Å²) in [5, 5.41) is 0. The van der Waals surface area contributed by atoms with Crippen molar-refractivity contribution in [2.24, 2.45) is 11.8 Å². The van der Waals surface area contributed by atoms with Gasteiger partial charge in [0.2, 0.25) is 11.8 Å². The SMILES string of the molecule is CCO[C@H]1CC[C@H](N(c2ccc(Oc3ncc(CN4CCCC(F)(F)C4)cc3C(F)(F)F)cc2C)C(=O)[C@H]2CC[C@H](C)CC2)CC1. The van der Waals surface area contributed by atoms with Gasteiger partial charge in [-0.2, -0.15) is 13.2 Å². The minimum Gasteiger partial charge on any atom is -0.438 e. The van der Waals surface area contributed by atoms with Crippen LogP contribution in [0.2, 0.25) is 0 Å². The van der Waals surface area contributed by atoms with Crippen molar-refractivity contribution in [3.63, 3.8) is 0 Å². The summed E-state index contributed by atoms with van der Waals surface area (Å²) < 4.78 is 81.7. The lowest BCUT2D eigenvalue weighted by molar-refractivity contribution is -0.139. The van der Waals surface area contributed by atoms with Crippen LogP contribution in [-0.2, 0) is 22.3 Å². The van der Waals surface area contributed by atoms with Crippen molar-refractivity contribution in [3.05, 3.63) is 47.2 Å². The standard InChI is InChI=1S/C35H46F5N3O3/c1-4-45-28-12-10-27(11-13-28)43(33(44)26-8-6-23(2)7-9-26)31-15-14-29(18-24(31)3)46-32-30(35(38,39)40)19-25(20-41-32)21-42-17-5-16-34(36,37)22-42/h14-15,18-20,23,26-28H,4-13,16-17,21-22H2,1-3H3/t23-,26-,27-,28-. The summed E-state index contributed by atoms with van der Waals surface area (Å²) in [4.78, 5) is 21.5. The Hall–Kier alpha value is -2.79. The van der Waals surface area contributed by atoms with Gasteiger partial charge in [-0.1, -0.05) is 6.92 Å². The molecule has 5 rings (SSSR count). The highest BCUT2D eigenvalue weighted by atomic mass is 19.4. The third-order valence-electron chi connectivity index (χ3n) is 9.75. The van der Waals surface area contributed by atoms with Crippen molar-refractivity contribution in [2.75, 3.05) is 24.6 Å². The monoisotopic (exact) mass is 651 g/mol. The normalized spacial score (nSPS) is 25.7. The number of anilines is 1. The average Bonchev–Trinajstić information content (AvgIpc) is 2.99. The van der Waals surface area contributed by atoms with E-state index in [2.05, 4.69) is 11.9 Å². The quantitative estimate of drug-likeness (QED) is 0.254. The molecule has 46 heavy (non-hydrogen) atoms. The Morgan fingerprint density at radius 3 is 2.41 bits per heavy atom. The molecular formula is C35H46F5N3O3. The van der Waals surface area contributed by atoms with Crippen LogP contribution in [0.1, 0.15) is 94.7 Å². The van der Waals surface area contributed by atoms with E-state index in [1.165, 1.54) is 11.1 Å². The number of hydrogen-bond acceptors (Lipinski definition) is 5. The van der Waals surface area contributed by atoms with Gasteiger partial charge in [-0.25, -0.2) is 13.8 Å². The van der Waals surface area contributed by atoms with E-state index in [0.29, 0.717) is 19.1 Å². The second-order valence-electron chi connectivity index (χ2n) is 13.5. The molecule has 0 atom stereocenters. The molecule has 1 aliphatic heterocycles. The number of rotatable bonds is 9. The lowest BCUT2D eigenvalue weighted by Gasteiger charge is -2.40. The number of hydrogen-bond donors (Lipinski definition) is 0. The zero-order valence-corrected chi connectivity index (χ0v) is 27.1. The molecule has 1 aromatic carbocycles. The first-order chi connectivity index (χ1) is 21.8. The Bertz CT molecular complexity index is 1340. The van der Waals surface area contributed by atoms with Crippen LogP contribution in [0, 0.1) is 18.8 Å². The maximum absolute atomic E-state index is 14.1. The first-order valence-corrected chi connectivity index (χ1v) is 16.7. The lowest BCUT2D eigenvalue weighted by atomic mass is 9.81. The third-order valence-corrected chi connectivity index (χ3v) is 9.75. The topological polar surface area (TPSA) is 54.9 Å². The largest absolute Gasteiger partial charge is 0.438 e. The summed E-state index contributed by atoms with van der Waals surface area (Å²) in [6, 6.07) is 5.94. The van der Waals surface area contributed by atoms with Crippen LogP contribution < -0.4 is 9.64 Å². The number of carbonyl (C=O) groups is 1. The van der Waals surface area contributed by atoms with Gasteiger partial charge in [-0.05, 0) is 119 Å². The van der Waals surface area contributed by atoms with Crippen molar-refractivity contribution in [1.29, 1.82) is 0 Å². The highest BCUT2D eigenvalue weighted by Gasteiger charge is 2.39. The molecule has 1 amide bonds. The molecule has 2 aromatic rings. The van der Waals surface area contributed by atoms with E-state index >= 15 is 0 Å². The Balaban J connectivity index is 1.37. The fraction of sp³-hybridized carbons (Fsp3) is 0.657. The number of halogens is 5. The van der Waals surface area contributed by atoms with Gasteiger partial charge in [0.15, 0.2) is 0 Å². The molecule has 1 aromatic heterocycles. The van der Waals surface area contributed by atoms with Crippen LogP contribution in [0.4, 0.5) is 27.6 Å². The molecule has 0 unspecified atom stereocenters. The minimum atomic E-state index is -4.76. The highest BCUT2D eigenvalue weighted by molar-refractivity contribution is 5.96. The summed E-state index contributed by atoms with van der Waals surface area (Å²) in [6.07, 6.45) is 3.85. The van der Waals surface area contributed by atoms with Crippen LogP contribution in [-0.4, -0.2) is 53.6 Å². The van der Waals surface area contributed by atoms with Gasteiger partial charge in [0.25, 0.3) is 5.92 Å². The number of ether oxygens (including phenoxy) is 2. The van der Waals surface area contributed by atoms with Gasteiger partial charge in [0.05, 0.1) is 12.6 Å². The number of pyridine rings is 1. The van der Waals surface area contributed by atoms with E-state index in [1.54, 1.807) is 18.2 Å². The molecule has 2 heterocycles. The van der Waals surface area contributed by atoms with Gasteiger partial charge < -0.3 is 14.4 Å². The summed E-state index contributed by atoms with van der Waals surface area (Å²) in [6.45, 7) is 6.53. The van der Waals surface area contributed by atoms with Gasteiger partial charge in [-0.3, -0.25) is 9.69 Å². The second-order valence-corrected chi connectivity index (χ2v) is 13.5. The lowest BCUT2D eigenvalue weighted by Crippen LogP contribution is -2.47. The number of aryl methyl sites for hydroxylation is 1. The second kappa shape index (κ2) is 14.5. The first-order valence-electron chi connectivity index (χ1n) is 16.7. The maximum atomic E-state index is 14.1. The fourth-order valence-corrected chi connectivity index (χ4v) is 7.28. The number of amides is 1. The van der Waals surface area contributed by atoms with Crippen LogP contribution >= 0.6 is 0 Å². The first kappa shape index (κ1) is 34.5. The number of aromatic nitrogens is 1. The molecule has 6 nitrogen and oxygen atoms in total.